The lowest BCUT2D eigenvalue weighted by atomic mass is 10.1. The van der Waals surface area contributed by atoms with Crippen LogP contribution in [0.2, 0.25) is 4.34 Å². The molecule has 0 spiro atoms. The molecule has 1 aromatic carbocycles. The molecular formula is C16H17ClN4S2. The quantitative estimate of drug-likeness (QED) is 0.665. The van der Waals surface area contributed by atoms with Gasteiger partial charge in [-0.1, -0.05) is 41.4 Å². The third kappa shape index (κ3) is 4.09. The average molecular weight is 365 g/mol. The van der Waals surface area contributed by atoms with Crippen molar-refractivity contribution in [3.63, 3.8) is 0 Å². The van der Waals surface area contributed by atoms with Crippen LogP contribution in [-0.4, -0.2) is 26.7 Å². The van der Waals surface area contributed by atoms with Crippen LogP contribution in [0.25, 0.3) is 11.4 Å². The highest BCUT2D eigenvalue weighted by molar-refractivity contribution is 7.71. The van der Waals surface area contributed by atoms with Crippen molar-refractivity contribution in [3.05, 3.63) is 55.9 Å². The van der Waals surface area contributed by atoms with Gasteiger partial charge in [-0.2, -0.15) is 4.98 Å². The lowest BCUT2D eigenvalue weighted by Crippen LogP contribution is -2.22. The molecule has 7 heteroatoms. The molecule has 4 nitrogen and oxygen atoms in total. The molecular weight excluding hydrogens is 348 g/mol. The van der Waals surface area contributed by atoms with E-state index in [1.54, 1.807) is 11.3 Å². The molecule has 0 fully saturated rings. The van der Waals surface area contributed by atoms with Gasteiger partial charge >= 0.3 is 0 Å². The fraction of sp³-hybridized carbons (Fsp3) is 0.250. The molecule has 3 aromatic rings. The highest BCUT2D eigenvalue weighted by Gasteiger charge is 2.08. The fourth-order valence-electron chi connectivity index (χ4n) is 2.29. The molecule has 0 amide bonds. The van der Waals surface area contributed by atoms with Crippen LogP contribution in [0.4, 0.5) is 0 Å². The number of rotatable bonds is 5. The van der Waals surface area contributed by atoms with Gasteiger partial charge in [-0.25, -0.2) is 4.68 Å². The standard InChI is InChI=1S/C16H17ClN4S2/c1-11-3-5-12(6-4-11)15-18-16(22)21(19-15)10-20(2)9-13-7-8-14(17)23-13/h3-8H,9-10H2,1-2H3,(H,18,19,22). The number of H-pyrrole nitrogens is 1. The highest BCUT2D eigenvalue weighted by atomic mass is 35.5. The third-order valence-corrected chi connectivity index (χ3v) is 4.97. The number of thiophene rings is 1. The summed E-state index contributed by atoms with van der Waals surface area (Å²) >= 11 is 12.9. The van der Waals surface area contributed by atoms with E-state index in [-0.39, 0.29) is 0 Å². The number of benzene rings is 1. The van der Waals surface area contributed by atoms with Crippen LogP contribution in [0, 0.1) is 11.7 Å². The predicted molar refractivity (Wildman–Crippen MR) is 98.4 cm³/mol. The molecule has 3 rings (SSSR count). The third-order valence-electron chi connectivity index (χ3n) is 3.44. The SMILES string of the molecule is Cc1ccc(-c2nc(=S)n(CN(C)Cc3ccc(Cl)s3)[nH]2)cc1. The molecule has 0 saturated heterocycles. The zero-order valence-corrected chi connectivity index (χ0v) is 15.3. The van der Waals surface area contributed by atoms with Crippen molar-refractivity contribution in [2.75, 3.05) is 7.05 Å². The maximum atomic E-state index is 5.97. The van der Waals surface area contributed by atoms with E-state index in [1.807, 2.05) is 36.0 Å². The summed E-state index contributed by atoms with van der Waals surface area (Å²) in [6, 6.07) is 12.2. The van der Waals surface area contributed by atoms with E-state index in [4.69, 9.17) is 23.8 Å². The van der Waals surface area contributed by atoms with Crippen molar-refractivity contribution in [3.8, 4) is 11.4 Å². The first-order valence-electron chi connectivity index (χ1n) is 7.18. The average Bonchev–Trinajstić information content (AvgIpc) is 3.06. The van der Waals surface area contributed by atoms with E-state index in [2.05, 4.69) is 34.0 Å². The van der Waals surface area contributed by atoms with Crippen LogP contribution in [0.15, 0.2) is 36.4 Å². The van der Waals surface area contributed by atoms with E-state index < -0.39 is 0 Å². The molecule has 23 heavy (non-hydrogen) atoms. The summed E-state index contributed by atoms with van der Waals surface area (Å²) in [7, 11) is 2.04. The summed E-state index contributed by atoms with van der Waals surface area (Å²) in [4.78, 5) is 7.84. The topological polar surface area (TPSA) is 36.9 Å². The Morgan fingerprint density at radius 3 is 2.65 bits per heavy atom. The van der Waals surface area contributed by atoms with Crippen LogP contribution < -0.4 is 0 Å². The minimum absolute atomic E-state index is 0.552. The van der Waals surface area contributed by atoms with Gasteiger partial charge in [-0.3, -0.25) is 10.00 Å². The maximum Gasteiger partial charge on any atom is 0.217 e. The molecule has 0 saturated carbocycles. The summed E-state index contributed by atoms with van der Waals surface area (Å²) in [6.07, 6.45) is 0. The first kappa shape index (κ1) is 16.4. The molecule has 0 bridgehead atoms. The first-order chi connectivity index (χ1) is 11.0. The molecule has 2 aromatic heterocycles. The Hall–Kier alpha value is -1.47. The van der Waals surface area contributed by atoms with E-state index in [0.717, 1.165) is 22.3 Å². The second kappa shape index (κ2) is 6.97. The molecule has 2 heterocycles. The molecule has 120 valence electrons. The smallest absolute Gasteiger partial charge is 0.217 e. The van der Waals surface area contributed by atoms with E-state index in [9.17, 15) is 0 Å². The van der Waals surface area contributed by atoms with Gasteiger partial charge in [0, 0.05) is 17.0 Å². The highest BCUT2D eigenvalue weighted by Crippen LogP contribution is 2.22. The van der Waals surface area contributed by atoms with Gasteiger partial charge in [0.05, 0.1) is 11.0 Å². The van der Waals surface area contributed by atoms with Crippen LogP contribution in [0.5, 0.6) is 0 Å². The van der Waals surface area contributed by atoms with Gasteiger partial charge in [0.15, 0.2) is 5.82 Å². The zero-order chi connectivity index (χ0) is 16.4. The lowest BCUT2D eigenvalue weighted by molar-refractivity contribution is 0.246. The van der Waals surface area contributed by atoms with Crippen LogP contribution in [-0.2, 0) is 13.2 Å². The summed E-state index contributed by atoms with van der Waals surface area (Å²) in [5.41, 5.74) is 2.26. The van der Waals surface area contributed by atoms with Crippen LogP contribution in [0.3, 0.4) is 0 Å². The van der Waals surface area contributed by atoms with Gasteiger partial charge in [0.1, 0.15) is 0 Å². The number of aromatic amines is 1. The zero-order valence-electron chi connectivity index (χ0n) is 12.9. The minimum Gasteiger partial charge on any atom is -0.282 e. The molecule has 0 aliphatic heterocycles. The van der Waals surface area contributed by atoms with Crippen molar-refractivity contribution in [2.24, 2.45) is 0 Å². The van der Waals surface area contributed by atoms with E-state index in [0.29, 0.717) is 11.4 Å². The Kier molecular flexibility index (Phi) is 4.96. The van der Waals surface area contributed by atoms with Gasteiger partial charge in [0.2, 0.25) is 4.77 Å². The predicted octanol–water partition coefficient (Wildman–Crippen LogP) is 4.72. The van der Waals surface area contributed by atoms with Gasteiger partial charge in [-0.05, 0) is 38.3 Å². The fourth-order valence-corrected chi connectivity index (χ4v) is 3.65. The lowest BCUT2D eigenvalue weighted by Gasteiger charge is -2.15. The van der Waals surface area contributed by atoms with Gasteiger partial charge in [0.25, 0.3) is 0 Å². The number of aromatic nitrogens is 3. The van der Waals surface area contributed by atoms with Gasteiger partial charge < -0.3 is 0 Å². The summed E-state index contributed by atoms with van der Waals surface area (Å²) in [6.45, 7) is 3.53. The number of hydrogen-bond donors (Lipinski definition) is 1. The second-order valence-electron chi connectivity index (χ2n) is 5.51. The molecule has 0 aliphatic rings. The number of aryl methyl sites for hydroxylation is 1. The van der Waals surface area contributed by atoms with Gasteiger partial charge in [-0.15, -0.1) is 11.3 Å². The first-order valence-corrected chi connectivity index (χ1v) is 8.78. The monoisotopic (exact) mass is 364 g/mol. The van der Waals surface area contributed by atoms with Crippen molar-refractivity contribution >= 4 is 35.2 Å². The molecule has 0 radical (unpaired) electrons. The summed E-state index contributed by atoms with van der Waals surface area (Å²) in [5.74, 6) is 0.794. The van der Waals surface area contributed by atoms with E-state index >= 15 is 0 Å². The maximum absolute atomic E-state index is 5.97. The number of halogens is 1. The molecule has 0 atom stereocenters. The molecule has 0 aliphatic carbocycles. The minimum atomic E-state index is 0.552. The number of nitrogens with zero attached hydrogens (tertiary/aromatic N) is 3. The Labute approximate surface area is 149 Å². The second-order valence-corrected chi connectivity index (χ2v) is 7.68. The van der Waals surface area contributed by atoms with Crippen molar-refractivity contribution in [1.82, 2.24) is 19.7 Å². The largest absolute Gasteiger partial charge is 0.282 e. The van der Waals surface area contributed by atoms with E-state index in [1.165, 1.54) is 10.4 Å². The number of nitrogens with one attached hydrogen (secondary N) is 1. The Morgan fingerprint density at radius 2 is 2.00 bits per heavy atom. The van der Waals surface area contributed by atoms with Crippen molar-refractivity contribution in [1.29, 1.82) is 0 Å². The van der Waals surface area contributed by atoms with Crippen LogP contribution >= 0.6 is 35.2 Å². The normalized spacial score (nSPS) is 11.3. The van der Waals surface area contributed by atoms with Crippen LogP contribution in [0.1, 0.15) is 10.4 Å². The number of hydrogen-bond acceptors (Lipinski definition) is 4. The molecule has 1 N–H and O–H groups in total. The van der Waals surface area contributed by atoms with Crippen molar-refractivity contribution in [2.45, 2.75) is 20.1 Å². The summed E-state index contributed by atoms with van der Waals surface area (Å²) < 4.78 is 3.24. The molecule has 0 unspecified atom stereocenters. The Balaban J connectivity index is 1.73. The summed E-state index contributed by atoms with van der Waals surface area (Å²) in [5, 5.41) is 3.28. The Morgan fingerprint density at radius 1 is 1.26 bits per heavy atom. The Bertz CT molecular complexity index is 848. The van der Waals surface area contributed by atoms with Crippen molar-refractivity contribution < 1.29 is 0 Å².